The highest BCUT2D eigenvalue weighted by Gasteiger charge is 1.99. The van der Waals surface area contributed by atoms with Gasteiger partial charge in [0.05, 0.1) is 6.61 Å². The highest BCUT2D eigenvalue weighted by Crippen LogP contribution is 2.22. The molecule has 0 saturated carbocycles. The Labute approximate surface area is 126 Å². The van der Waals surface area contributed by atoms with Crippen molar-refractivity contribution in [3.63, 3.8) is 0 Å². The number of ether oxygens (including phenoxy) is 1. The third kappa shape index (κ3) is 4.78. The molecule has 0 aromatic heterocycles. The van der Waals surface area contributed by atoms with E-state index >= 15 is 0 Å². The first-order valence-electron chi connectivity index (χ1n) is 7.10. The van der Waals surface area contributed by atoms with Gasteiger partial charge < -0.3 is 14.7 Å². The van der Waals surface area contributed by atoms with E-state index in [1.807, 2.05) is 26.2 Å². The van der Waals surface area contributed by atoms with Crippen LogP contribution in [0.5, 0.6) is 5.75 Å². The second-order valence-corrected chi connectivity index (χ2v) is 5.15. The molecular formula is C18H21NO2. The Hall–Kier alpha value is -2.02. The number of hydrogen-bond acceptors (Lipinski definition) is 3. The van der Waals surface area contributed by atoms with Gasteiger partial charge >= 0.3 is 0 Å². The molecule has 0 fully saturated rings. The molecule has 0 heterocycles. The number of benzene rings is 2. The van der Waals surface area contributed by atoms with Crippen molar-refractivity contribution in [1.29, 1.82) is 0 Å². The van der Waals surface area contributed by atoms with Crippen LogP contribution in [0.25, 0.3) is 10.8 Å². The minimum atomic E-state index is 0.105. The van der Waals surface area contributed by atoms with Crippen molar-refractivity contribution in [3.8, 4) is 17.6 Å². The van der Waals surface area contributed by atoms with E-state index in [1.54, 1.807) is 0 Å². The van der Waals surface area contributed by atoms with Crippen LogP contribution in [0, 0.1) is 11.8 Å². The van der Waals surface area contributed by atoms with Crippen LogP contribution in [-0.2, 0) is 0 Å². The Balaban J connectivity index is 2.10. The highest BCUT2D eigenvalue weighted by atomic mass is 16.5. The Morgan fingerprint density at radius 3 is 2.62 bits per heavy atom. The van der Waals surface area contributed by atoms with Crippen LogP contribution in [0.15, 0.2) is 36.4 Å². The van der Waals surface area contributed by atoms with Gasteiger partial charge in [0.2, 0.25) is 0 Å². The van der Waals surface area contributed by atoms with E-state index in [2.05, 4.69) is 41.0 Å². The number of aliphatic hydroxyl groups is 1. The number of rotatable bonds is 5. The molecule has 0 bridgehead atoms. The van der Waals surface area contributed by atoms with Gasteiger partial charge in [0.1, 0.15) is 12.4 Å². The summed E-state index contributed by atoms with van der Waals surface area (Å²) in [7, 11) is 4.06. The van der Waals surface area contributed by atoms with Gasteiger partial charge in [-0.05, 0) is 49.1 Å². The second-order valence-electron chi connectivity index (χ2n) is 5.15. The molecular weight excluding hydrogens is 262 g/mol. The average molecular weight is 283 g/mol. The van der Waals surface area contributed by atoms with Gasteiger partial charge in [0, 0.05) is 18.5 Å². The fourth-order valence-electron chi connectivity index (χ4n) is 1.96. The molecule has 3 nitrogen and oxygen atoms in total. The van der Waals surface area contributed by atoms with E-state index in [9.17, 15) is 0 Å². The molecule has 0 atom stereocenters. The summed E-state index contributed by atoms with van der Waals surface area (Å²) in [4.78, 5) is 2.10. The van der Waals surface area contributed by atoms with Crippen LogP contribution < -0.4 is 4.74 Å². The topological polar surface area (TPSA) is 32.7 Å². The fourth-order valence-corrected chi connectivity index (χ4v) is 1.96. The Bertz CT molecular complexity index is 653. The maximum Gasteiger partial charge on any atom is 0.120 e. The van der Waals surface area contributed by atoms with E-state index in [0.717, 1.165) is 28.6 Å². The van der Waals surface area contributed by atoms with Crippen LogP contribution in [0.1, 0.15) is 12.0 Å². The summed E-state index contributed by atoms with van der Waals surface area (Å²) in [5.41, 5.74) is 0.970. The number of aliphatic hydroxyl groups excluding tert-OH is 1. The van der Waals surface area contributed by atoms with Crippen LogP contribution in [0.4, 0.5) is 0 Å². The lowest BCUT2D eigenvalue weighted by molar-refractivity contribution is 0.261. The predicted molar refractivity (Wildman–Crippen MR) is 86.6 cm³/mol. The molecule has 1 N–H and O–H groups in total. The summed E-state index contributed by atoms with van der Waals surface area (Å²) in [5, 5.41) is 11.0. The second kappa shape index (κ2) is 7.68. The molecule has 0 saturated heterocycles. The predicted octanol–water partition coefficient (Wildman–Crippen LogP) is 2.51. The van der Waals surface area contributed by atoms with E-state index in [4.69, 9.17) is 9.84 Å². The van der Waals surface area contributed by atoms with Gasteiger partial charge in [-0.2, -0.15) is 0 Å². The van der Waals surface area contributed by atoms with Gasteiger partial charge in [0.15, 0.2) is 0 Å². The van der Waals surface area contributed by atoms with Gasteiger partial charge in [0.25, 0.3) is 0 Å². The van der Waals surface area contributed by atoms with E-state index in [1.165, 1.54) is 0 Å². The molecule has 0 amide bonds. The Kier molecular flexibility index (Phi) is 5.62. The SMILES string of the molecule is CN(C)CCOc1ccc2cc(C#CCCO)ccc2c1. The molecule has 0 spiro atoms. The van der Waals surface area contributed by atoms with Gasteiger partial charge in [-0.1, -0.05) is 24.0 Å². The lowest BCUT2D eigenvalue weighted by Crippen LogP contribution is -2.19. The quantitative estimate of drug-likeness (QED) is 0.856. The normalized spacial score (nSPS) is 10.5. The van der Waals surface area contributed by atoms with E-state index < -0.39 is 0 Å². The number of fused-ring (bicyclic) bond motifs is 1. The van der Waals surface area contributed by atoms with Crippen LogP contribution in [0.2, 0.25) is 0 Å². The smallest absolute Gasteiger partial charge is 0.120 e. The number of likely N-dealkylation sites (N-methyl/N-ethyl adjacent to an activating group) is 1. The lowest BCUT2D eigenvalue weighted by Gasteiger charge is -2.11. The monoisotopic (exact) mass is 283 g/mol. The highest BCUT2D eigenvalue weighted by molar-refractivity contribution is 5.85. The third-order valence-electron chi connectivity index (χ3n) is 3.09. The fraction of sp³-hybridized carbons (Fsp3) is 0.333. The maximum absolute atomic E-state index is 8.73. The molecule has 0 aliphatic heterocycles. The maximum atomic E-state index is 8.73. The summed E-state index contributed by atoms with van der Waals surface area (Å²) in [5.74, 6) is 6.88. The zero-order valence-electron chi connectivity index (χ0n) is 12.6. The van der Waals surface area contributed by atoms with Gasteiger partial charge in [-0.15, -0.1) is 0 Å². The average Bonchev–Trinajstić information content (AvgIpc) is 2.47. The van der Waals surface area contributed by atoms with E-state index in [0.29, 0.717) is 13.0 Å². The standard InChI is InChI=1S/C18H21NO2/c1-19(2)10-12-21-18-9-8-16-13-15(5-3-4-11-20)6-7-17(16)14-18/h6-9,13-14,20H,4,10-12H2,1-2H3. The molecule has 0 radical (unpaired) electrons. The lowest BCUT2D eigenvalue weighted by atomic mass is 10.1. The van der Waals surface area contributed by atoms with Gasteiger partial charge in [-0.3, -0.25) is 0 Å². The Morgan fingerprint density at radius 2 is 1.86 bits per heavy atom. The van der Waals surface area contributed by atoms with Crippen molar-refractivity contribution in [2.45, 2.75) is 6.42 Å². The van der Waals surface area contributed by atoms with Crippen molar-refractivity contribution in [1.82, 2.24) is 4.90 Å². The van der Waals surface area contributed by atoms with Crippen LogP contribution in [-0.4, -0.2) is 43.9 Å². The summed E-state index contributed by atoms with van der Waals surface area (Å²) in [6.45, 7) is 1.69. The minimum Gasteiger partial charge on any atom is -0.492 e. The van der Waals surface area contributed by atoms with Gasteiger partial charge in [-0.25, -0.2) is 0 Å². The summed E-state index contributed by atoms with van der Waals surface area (Å²) < 4.78 is 5.74. The van der Waals surface area contributed by atoms with Crippen LogP contribution in [0.3, 0.4) is 0 Å². The molecule has 2 aromatic rings. The zero-order valence-corrected chi connectivity index (χ0v) is 12.6. The first-order valence-corrected chi connectivity index (χ1v) is 7.10. The number of hydrogen-bond donors (Lipinski definition) is 1. The number of nitrogens with zero attached hydrogens (tertiary/aromatic N) is 1. The third-order valence-corrected chi connectivity index (χ3v) is 3.09. The molecule has 21 heavy (non-hydrogen) atoms. The first-order chi connectivity index (χ1) is 10.2. The Morgan fingerprint density at radius 1 is 1.10 bits per heavy atom. The summed E-state index contributed by atoms with van der Waals surface area (Å²) in [6, 6.07) is 12.2. The molecule has 110 valence electrons. The minimum absolute atomic E-state index is 0.105. The van der Waals surface area contributed by atoms with Crippen molar-refractivity contribution >= 4 is 10.8 Å². The molecule has 0 unspecified atom stereocenters. The molecule has 0 aliphatic carbocycles. The molecule has 0 aliphatic rings. The molecule has 2 rings (SSSR count). The van der Waals surface area contributed by atoms with Crippen LogP contribution >= 0.6 is 0 Å². The summed E-state index contributed by atoms with van der Waals surface area (Å²) >= 11 is 0. The largest absolute Gasteiger partial charge is 0.492 e. The van der Waals surface area contributed by atoms with E-state index in [-0.39, 0.29) is 6.61 Å². The summed E-state index contributed by atoms with van der Waals surface area (Å²) in [6.07, 6.45) is 0.511. The van der Waals surface area contributed by atoms with Crippen molar-refractivity contribution in [3.05, 3.63) is 42.0 Å². The molecule has 2 aromatic carbocycles. The van der Waals surface area contributed by atoms with Crippen molar-refractivity contribution in [2.24, 2.45) is 0 Å². The molecule has 3 heteroatoms. The zero-order chi connectivity index (χ0) is 15.1. The van der Waals surface area contributed by atoms with Crippen molar-refractivity contribution < 1.29 is 9.84 Å². The first kappa shape index (κ1) is 15.4. The van der Waals surface area contributed by atoms with Crippen molar-refractivity contribution in [2.75, 3.05) is 33.9 Å².